The number of benzene rings is 3. The van der Waals surface area contributed by atoms with Crippen molar-refractivity contribution in [3.05, 3.63) is 101 Å². The summed E-state index contributed by atoms with van der Waals surface area (Å²) in [6.07, 6.45) is 6.90. The molecule has 0 atom stereocenters. The number of aryl methyl sites for hydroxylation is 1. The van der Waals surface area contributed by atoms with Crippen LogP contribution in [0, 0.1) is 0 Å². The van der Waals surface area contributed by atoms with E-state index in [1.54, 1.807) is 11.1 Å². The van der Waals surface area contributed by atoms with Crippen LogP contribution in [-0.2, 0) is 25.7 Å². The number of hydrogen-bond acceptors (Lipinski definition) is 0. The molecule has 0 aliphatic heterocycles. The van der Waals surface area contributed by atoms with Gasteiger partial charge in [-0.3, -0.25) is 0 Å². The molecule has 0 radical (unpaired) electrons. The Morgan fingerprint density at radius 3 is 2.33 bits per heavy atom. The molecule has 0 heterocycles. The minimum absolute atomic E-state index is 1.06. The van der Waals surface area contributed by atoms with Crippen molar-refractivity contribution in [2.24, 2.45) is 0 Å². The van der Waals surface area contributed by atoms with Gasteiger partial charge in [0.2, 0.25) is 0 Å². The summed E-state index contributed by atoms with van der Waals surface area (Å²) in [6, 6.07) is 24.5. The third-order valence-electron chi connectivity index (χ3n) is 5.56. The molecule has 0 aromatic heterocycles. The molecular weight excluding hydrogens is 288 g/mol. The second-order valence-corrected chi connectivity index (χ2v) is 6.86. The van der Waals surface area contributed by atoms with Gasteiger partial charge in [-0.15, -0.1) is 0 Å². The van der Waals surface area contributed by atoms with Gasteiger partial charge in [-0.05, 0) is 70.2 Å². The van der Waals surface area contributed by atoms with Crippen molar-refractivity contribution < 1.29 is 0 Å². The van der Waals surface area contributed by atoms with E-state index in [0.717, 1.165) is 12.8 Å². The van der Waals surface area contributed by atoms with Gasteiger partial charge in [0.25, 0.3) is 0 Å². The quantitative estimate of drug-likeness (QED) is 0.546. The molecule has 116 valence electrons. The van der Waals surface area contributed by atoms with E-state index in [2.05, 4.69) is 72.8 Å². The predicted octanol–water partition coefficient (Wildman–Crippen LogP) is 5.63. The van der Waals surface area contributed by atoms with E-state index in [1.807, 2.05) is 0 Å². The van der Waals surface area contributed by atoms with Gasteiger partial charge in [0.15, 0.2) is 0 Å². The van der Waals surface area contributed by atoms with Gasteiger partial charge in [0.1, 0.15) is 0 Å². The molecule has 0 nitrogen and oxygen atoms in total. The number of hydrogen-bond donors (Lipinski definition) is 0. The Balaban J connectivity index is 1.61. The highest BCUT2D eigenvalue weighted by atomic mass is 14.3. The molecule has 0 fully saturated rings. The smallest absolute Gasteiger partial charge is 0.00171 e. The van der Waals surface area contributed by atoms with Crippen molar-refractivity contribution in [1.82, 2.24) is 0 Å². The molecule has 2 aliphatic rings. The maximum Gasteiger partial charge on any atom is -0.00171 e. The number of allylic oxidation sites excluding steroid dienone is 2. The highest BCUT2D eigenvalue weighted by molar-refractivity contribution is 5.78. The van der Waals surface area contributed by atoms with Crippen LogP contribution >= 0.6 is 0 Å². The molecule has 0 amide bonds. The van der Waals surface area contributed by atoms with Crippen LogP contribution < -0.4 is 0 Å². The molecule has 0 heteroatoms. The summed E-state index contributed by atoms with van der Waals surface area (Å²) in [4.78, 5) is 0. The van der Waals surface area contributed by atoms with E-state index in [4.69, 9.17) is 0 Å². The van der Waals surface area contributed by atoms with Crippen LogP contribution in [-0.4, -0.2) is 0 Å². The molecule has 3 aromatic rings. The average molecular weight is 308 g/mol. The summed E-state index contributed by atoms with van der Waals surface area (Å²) in [5, 5.41) is 0. The Labute approximate surface area is 143 Å². The van der Waals surface area contributed by atoms with E-state index < -0.39 is 0 Å². The van der Waals surface area contributed by atoms with Crippen molar-refractivity contribution in [2.75, 3.05) is 0 Å². The maximum atomic E-state index is 2.42. The topological polar surface area (TPSA) is 0 Å². The van der Waals surface area contributed by atoms with Crippen molar-refractivity contribution in [1.29, 1.82) is 0 Å². The molecule has 24 heavy (non-hydrogen) atoms. The monoisotopic (exact) mass is 308 g/mol. The Morgan fingerprint density at radius 2 is 1.42 bits per heavy atom. The minimum Gasteiger partial charge on any atom is -0.0760 e. The van der Waals surface area contributed by atoms with Crippen LogP contribution in [0.5, 0.6) is 0 Å². The van der Waals surface area contributed by atoms with Gasteiger partial charge in [0, 0.05) is 0 Å². The fraction of sp³-hybridized carbons (Fsp3) is 0.167. The fourth-order valence-corrected chi connectivity index (χ4v) is 4.32. The molecular formula is C24H20. The van der Waals surface area contributed by atoms with E-state index >= 15 is 0 Å². The minimum atomic E-state index is 1.06. The lowest BCUT2D eigenvalue weighted by Gasteiger charge is -2.27. The zero-order valence-corrected chi connectivity index (χ0v) is 13.8. The van der Waals surface area contributed by atoms with Crippen molar-refractivity contribution in [3.8, 4) is 11.1 Å². The molecule has 0 bridgehead atoms. The number of fused-ring (bicyclic) bond motifs is 5. The summed E-state index contributed by atoms with van der Waals surface area (Å²) in [6.45, 7) is 0. The molecule has 2 aliphatic carbocycles. The highest BCUT2D eigenvalue weighted by Gasteiger charge is 2.22. The maximum absolute atomic E-state index is 2.42. The van der Waals surface area contributed by atoms with Crippen molar-refractivity contribution >= 4 is 5.57 Å². The van der Waals surface area contributed by atoms with Gasteiger partial charge < -0.3 is 0 Å². The Hall–Kier alpha value is -2.60. The van der Waals surface area contributed by atoms with Gasteiger partial charge in [-0.25, -0.2) is 0 Å². The Bertz CT molecular complexity index is 945. The zero-order valence-electron chi connectivity index (χ0n) is 13.8. The second-order valence-electron chi connectivity index (χ2n) is 6.86. The Kier molecular flexibility index (Phi) is 3.16. The molecule has 0 saturated carbocycles. The fourth-order valence-electron chi connectivity index (χ4n) is 4.32. The normalized spacial score (nSPS) is 15.1. The molecule has 0 spiro atoms. The lowest BCUT2D eigenvalue weighted by atomic mass is 9.77. The molecule has 0 N–H and O–H groups in total. The number of rotatable bonds is 1. The average Bonchev–Trinajstić information content (AvgIpc) is 2.67. The molecule has 0 saturated heterocycles. The summed E-state index contributed by atoms with van der Waals surface area (Å²) in [7, 11) is 0. The predicted molar refractivity (Wildman–Crippen MR) is 101 cm³/mol. The van der Waals surface area contributed by atoms with Crippen LogP contribution in [0.15, 0.2) is 72.8 Å². The Morgan fingerprint density at radius 1 is 0.583 bits per heavy atom. The van der Waals surface area contributed by atoms with Gasteiger partial charge in [-0.1, -0.05) is 72.8 Å². The third-order valence-corrected chi connectivity index (χ3v) is 5.56. The van der Waals surface area contributed by atoms with Crippen LogP contribution in [0.1, 0.15) is 27.8 Å². The first-order valence-corrected chi connectivity index (χ1v) is 8.86. The van der Waals surface area contributed by atoms with Crippen molar-refractivity contribution in [3.63, 3.8) is 0 Å². The van der Waals surface area contributed by atoms with Crippen LogP contribution in [0.25, 0.3) is 16.7 Å². The first-order chi connectivity index (χ1) is 11.9. The zero-order chi connectivity index (χ0) is 15.9. The lowest BCUT2D eigenvalue weighted by Crippen LogP contribution is -2.12. The van der Waals surface area contributed by atoms with Crippen LogP contribution in [0.3, 0.4) is 0 Å². The molecule has 3 aromatic carbocycles. The van der Waals surface area contributed by atoms with E-state index in [0.29, 0.717) is 0 Å². The van der Waals surface area contributed by atoms with E-state index in [-0.39, 0.29) is 0 Å². The van der Waals surface area contributed by atoms with Gasteiger partial charge in [0.05, 0.1) is 0 Å². The molecule has 0 unspecified atom stereocenters. The van der Waals surface area contributed by atoms with Crippen molar-refractivity contribution in [2.45, 2.75) is 25.7 Å². The van der Waals surface area contributed by atoms with E-state index in [9.17, 15) is 0 Å². The van der Waals surface area contributed by atoms with Crippen LogP contribution in [0.2, 0.25) is 0 Å². The molecule has 5 rings (SSSR count). The largest absolute Gasteiger partial charge is 0.0760 e. The summed E-state index contributed by atoms with van der Waals surface area (Å²) in [5.74, 6) is 0. The standard InChI is InChI=1S/C24H20/c1-2-6-17(7-3-1)20-11-10-19-13-14-22-21-9-5-4-8-18(21)12-15-23(22)24(19)16-20/h1-9,11,13-14H,10,12,15-16H2. The summed E-state index contributed by atoms with van der Waals surface area (Å²) >= 11 is 0. The SMILES string of the molecule is C1=C(c2ccccc2)Cc2c(ccc3c2CCc2ccccc2-3)C1. The third kappa shape index (κ3) is 2.14. The second kappa shape index (κ2) is 5.49. The van der Waals surface area contributed by atoms with Gasteiger partial charge >= 0.3 is 0 Å². The summed E-state index contributed by atoms with van der Waals surface area (Å²) in [5.41, 5.74) is 12.0. The highest BCUT2D eigenvalue weighted by Crippen LogP contribution is 2.39. The first-order valence-electron chi connectivity index (χ1n) is 8.86. The van der Waals surface area contributed by atoms with Gasteiger partial charge in [-0.2, -0.15) is 0 Å². The van der Waals surface area contributed by atoms with Crippen LogP contribution in [0.4, 0.5) is 0 Å². The lowest BCUT2D eigenvalue weighted by molar-refractivity contribution is 0.911. The van der Waals surface area contributed by atoms with E-state index in [1.165, 1.54) is 46.2 Å². The first kappa shape index (κ1) is 13.8. The summed E-state index contributed by atoms with van der Waals surface area (Å²) < 4.78 is 0.